The van der Waals surface area contributed by atoms with Crippen LogP contribution < -0.4 is 11.1 Å². The van der Waals surface area contributed by atoms with Gasteiger partial charge in [-0.25, -0.2) is 4.79 Å². The van der Waals surface area contributed by atoms with Crippen LogP contribution in [0.3, 0.4) is 0 Å². The molecule has 0 radical (unpaired) electrons. The highest BCUT2D eigenvalue weighted by Gasteiger charge is 2.29. The number of likely N-dealkylation sites (tertiary alicyclic amines) is 1. The molecule has 1 aliphatic heterocycles. The Morgan fingerprint density at radius 2 is 2.29 bits per heavy atom. The molecule has 4 N–H and O–H groups in total. The summed E-state index contributed by atoms with van der Waals surface area (Å²) < 4.78 is 0. The molecule has 17 heavy (non-hydrogen) atoms. The molecule has 1 saturated heterocycles. The van der Waals surface area contributed by atoms with Gasteiger partial charge in [-0.1, -0.05) is 12.1 Å². The van der Waals surface area contributed by atoms with E-state index in [2.05, 4.69) is 10.5 Å². The van der Waals surface area contributed by atoms with Crippen LogP contribution >= 0.6 is 0 Å². The third-order valence-corrected chi connectivity index (χ3v) is 3.03. The number of nitrogens with zero attached hydrogens (tertiary/aromatic N) is 2. The van der Waals surface area contributed by atoms with Crippen molar-refractivity contribution in [1.29, 1.82) is 0 Å². The average molecular weight is 242 g/mol. The first-order chi connectivity index (χ1) is 7.95. The number of nitrogens with one attached hydrogen (secondary N) is 1. The van der Waals surface area contributed by atoms with E-state index in [1.165, 1.54) is 0 Å². The monoisotopic (exact) mass is 242 g/mol. The number of hydrogen-bond acceptors (Lipinski definition) is 5. The Hall–Kier alpha value is -1.63. The number of oxime groups is 1. The molecule has 2 atom stereocenters. The molecule has 96 valence electrons. The summed E-state index contributed by atoms with van der Waals surface area (Å²) in [6, 6.07) is -1.27. The van der Waals surface area contributed by atoms with Crippen LogP contribution in [0.1, 0.15) is 20.3 Å². The van der Waals surface area contributed by atoms with Crippen LogP contribution in [0.2, 0.25) is 0 Å². The Balaban J connectivity index is 2.57. The summed E-state index contributed by atoms with van der Waals surface area (Å²) in [6.07, 6.45) is 0.617. The minimum absolute atomic E-state index is 0.0950. The molecule has 7 heteroatoms. The summed E-state index contributed by atoms with van der Waals surface area (Å²) >= 11 is 0. The lowest BCUT2D eigenvalue weighted by molar-refractivity contribution is -0.124. The number of piperidine rings is 1. The standard InChI is InChI=1S/C10H18N4O3/c1-6-5-14(4-3-8(6)13-17)7(2)9(15)12-10(11)16/h6-7,17H,3-5H2,1-2H3,(H3,11,12,15,16). The van der Waals surface area contributed by atoms with E-state index >= 15 is 0 Å². The Bertz CT molecular complexity index is 342. The van der Waals surface area contributed by atoms with Gasteiger partial charge in [0.2, 0.25) is 5.91 Å². The van der Waals surface area contributed by atoms with Crippen molar-refractivity contribution >= 4 is 17.6 Å². The van der Waals surface area contributed by atoms with Crippen molar-refractivity contribution in [2.45, 2.75) is 26.3 Å². The highest BCUT2D eigenvalue weighted by Crippen LogP contribution is 2.16. The minimum atomic E-state index is -0.843. The van der Waals surface area contributed by atoms with Crippen molar-refractivity contribution in [1.82, 2.24) is 10.2 Å². The van der Waals surface area contributed by atoms with Gasteiger partial charge in [0.25, 0.3) is 0 Å². The Labute approximate surface area is 99.6 Å². The Morgan fingerprint density at radius 3 is 2.76 bits per heavy atom. The second-order valence-electron chi connectivity index (χ2n) is 4.27. The van der Waals surface area contributed by atoms with E-state index in [9.17, 15) is 9.59 Å². The van der Waals surface area contributed by atoms with Crippen molar-refractivity contribution in [2.75, 3.05) is 13.1 Å². The number of carbonyl (C=O) groups is 2. The fourth-order valence-electron chi connectivity index (χ4n) is 1.94. The molecule has 1 aliphatic rings. The lowest BCUT2D eigenvalue weighted by Crippen LogP contribution is -2.52. The highest BCUT2D eigenvalue weighted by atomic mass is 16.4. The van der Waals surface area contributed by atoms with Crippen LogP contribution in [0, 0.1) is 5.92 Å². The van der Waals surface area contributed by atoms with Crippen molar-refractivity contribution in [3.8, 4) is 0 Å². The van der Waals surface area contributed by atoms with E-state index in [1.54, 1.807) is 6.92 Å². The topological polar surface area (TPSA) is 108 Å². The third-order valence-electron chi connectivity index (χ3n) is 3.03. The first-order valence-electron chi connectivity index (χ1n) is 5.51. The maximum atomic E-state index is 11.6. The molecule has 0 bridgehead atoms. The Morgan fingerprint density at radius 1 is 1.65 bits per heavy atom. The zero-order valence-electron chi connectivity index (χ0n) is 10.0. The largest absolute Gasteiger partial charge is 0.411 e. The van der Waals surface area contributed by atoms with E-state index in [0.29, 0.717) is 19.5 Å². The number of carbonyl (C=O) groups excluding carboxylic acids is 2. The van der Waals surface area contributed by atoms with E-state index < -0.39 is 18.0 Å². The quantitative estimate of drug-likeness (QED) is 0.458. The van der Waals surface area contributed by atoms with Crippen LogP contribution in [-0.4, -0.2) is 46.9 Å². The van der Waals surface area contributed by atoms with E-state index in [1.807, 2.05) is 11.8 Å². The van der Waals surface area contributed by atoms with E-state index in [-0.39, 0.29) is 5.92 Å². The van der Waals surface area contributed by atoms with Crippen LogP contribution in [0.15, 0.2) is 5.16 Å². The molecule has 0 aromatic rings. The van der Waals surface area contributed by atoms with Gasteiger partial charge in [0, 0.05) is 25.4 Å². The summed E-state index contributed by atoms with van der Waals surface area (Å²) in [5, 5.41) is 14.0. The second-order valence-corrected chi connectivity index (χ2v) is 4.27. The molecule has 1 rings (SSSR count). The third kappa shape index (κ3) is 3.42. The van der Waals surface area contributed by atoms with Crippen LogP contribution in [0.5, 0.6) is 0 Å². The average Bonchev–Trinajstić information content (AvgIpc) is 2.27. The molecule has 0 spiro atoms. The molecule has 0 aromatic carbocycles. The molecular weight excluding hydrogens is 224 g/mol. The van der Waals surface area contributed by atoms with Gasteiger partial charge in [-0.05, 0) is 6.92 Å². The summed E-state index contributed by atoms with van der Waals surface area (Å²) in [4.78, 5) is 24.1. The van der Waals surface area contributed by atoms with Crippen LogP contribution in [-0.2, 0) is 4.79 Å². The fraction of sp³-hybridized carbons (Fsp3) is 0.700. The van der Waals surface area contributed by atoms with Crippen LogP contribution in [0.4, 0.5) is 4.79 Å². The van der Waals surface area contributed by atoms with Crippen molar-refractivity contribution in [3.05, 3.63) is 0 Å². The molecule has 7 nitrogen and oxygen atoms in total. The number of amides is 3. The number of nitrogens with two attached hydrogens (primary N) is 1. The molecule has 1 fully saturated rings. The second kappa shape index (κ2) is 5.62. The molecule has 0 aliphatic carbocycles. The summed E-state index contributed by atoms with van der Waals surface area (Å²) in [5.41, 5.74) is 5.63. The highest BCUT2D eigenvalue weighted by molar-refractivity contribution is 5.96. The zero-order chi connectivity index (χ0) is 13.0. The number of primary amides is 1. The molecule has 3 amide bonds. The number of hydrogen-bond donors (Lipinski definition) is 3. The predicted molar refractivity (Wildman–Crippen MR) is 61.8 cm³/mol. The maximum Gasteiger partial charge on any atom is 0.318 e. The Kier molecular flexibility index (Phi) is 4.45. The smallest absolute Gasteiger partial charge is 0.318 e. The maximum absolute atomic E-state index is 11.6. The molecule has 0 saturated carbocycles. The van der Waals surface area contributed by atoms with Gasteiger partial charge in [-0.2, -0.15) is 0 Å². The lowest BCUT2D eigenvalue weighted by Gasteiger charge is -2.34. The molecular formula is C10H18N4O3. The van der Waals surface area contributed by atoms with Crippen molar-refractivity contribution in [3.63, 3.8) is 0 Å². The van der Waals surface area contributed by atoms with Gasteiger partial charge in [0.15, 0.2) is 0 Å². The number of rotatable bonds is 2. The molecule has 1 heterocycles. The summed E-state index contributed by atoms with van der Waals surface area (Å²) in [7, 11) is 0. The van der Waals surface area contributed by atoms with Gasteiger partial charge in [-0.15, -0.1) is 0 Å². The van der Waals surface area contributed by atoms with E-state index in [4.69, 9.17) is 10.9 Å². The van der Waals surface area contributed by atoms with Crippen molar-refractivity contribution < 1.29 is 14.8 Å². The summed E-state index contributed by atoms with van der Waals surface area (Å²) in [5.74, 6) is -0.313. The minimum Gasteiger partial charge on any atom is -0.411 e. The van der Waals surface area contributed by atoms with Gasteiger partial charge in [-0.3, -0.25) is 15.0 Å². The van der Waals surface area contributed by atoms with Gasteiger partial charge < -0.3 is 10.9 Å². The lowest BCUT2D eigenvalue weighted by atomic mass is 9.96. The first-order valence-corrected chi connectivity index (χ1v) is 5.51. The van der Waals surface area contributed by atoms with E-state index in [0.717, 1.165) is 5.71 Å². The number of urea groups is 1. The fourth-order valence-corrected chi connectivity index (χ4v) is 1.94. The van der Waals surface area contributed by atoms with Gasteiger partial charge in [0.1, 0.15) is 0 Å². The number of imide groups is 1. The molecule has 2 unspecified atom stereocenters. The normalized spacial score (nSPS) is 25.5. The zero-order valence-corrected chi connectivity index (χ0v) is 10.0. The summed E-state index contributed by atoms with van der Waals surface area (Å²) in [6.45, 7) is 4.88. The first kappa shape index (κ1) is 13.4. The van der Waals surface area contributed by atoms with Gasteiger partial charge in [0.05, 0.1) is 11.8 Å². The SMILES string of the molecule is CC1CN(C(C)C(=O)NC(N)=O)CCC1=NO. The van der Waals surface area contributed by atoms with Crippen LogP contribution in [0.25, 0.3) is 0 Å². The van der Waals surface area contributed by atoms with Gasteiger partial charge >= 0.3 is 6.03 Å². The predicted octanol–water partition coefficient (Wildman–Crippen LogP) is -0.258. The molecule has 0 aromatic heterocycles. The van der Waals surface area contributed by atoms with Crippen molar-refractivity contribution in [2.24, 2.45) is 16.8 Å².